The Bertz CT molecular complexity index is 506. The van der Waals surface area contributed by atoms with Crippen LogP contribution in [0.25, 0.3) is 0 Å². The molecule has 0 saturated carbocycles. The maximum absolute atomic E-state index is 10.4. The molecule has 0 bridgehead atoms. The van der Waals surface area contributed by atoms with E-state index in [1.54, 1.807) is 0 Å². The van der Waals surface area contributed by atoms with E-state index in [0.717, 1.165) is 25.7 Å². The molecule has 0 heterocycles. The van der Waals surface area contributed by atoms with Crippen molar-refractivity contribution in [2.75, 3.05) is 0 Å². The fourth-order valence-electron chi connectivity index (χ4n) is 6.00. The van der Waals surface area contributed by atoms with E-state index in [0.29, 0.717) is 12.8 Å². The Labute approximate surface area is 292 Å². The van der Waals surface area contributed by atoms with Crippen LogP contribution >= 0.6 is 0 Å². The van der Waals surface area contributed by atoms with E-state index >= 15 is 0 Å². The molecule has 0 aromatic rings. The van der Waals surface area contributed by atoms with E-state index in [-0.39, 0.29) is 16.5 Å². The van der Waals surface area contributed by atoms with Crippen LogP contribution in [0, 0.1) is 0 Å². The van der Waals surface area contributed by atoms with Crippen LogP contribution < -0.4 is 0 Å². The molecule has 0 atom stereocenters. The number of unbranched alkanes of at least 4 members (excludes halogenated alkanes) is 32. The predicted octanol–water partition coefficient (Wildman–Crippen LogP) is 14.2. The van der Waals surface area contributed by atoms with Crippen molar-refractivity contribution in [3.05, 3.63) is 0 Å². The van der Waals surface area contributed by atoms with Gasteiger partial charge in [-0.05, 0) is 12.8 Å². The Hall–Kier alpha value is -0.566. The fourth-order valence-corrected chi connectivity index (χ4v) is 6.00. The van der Waals surface area contributed by atoms with Gasteiger partial charge in [-0.2, -0.15) is 0 Å². The summed E-state index contributed by atoms with van der Waals surface area (Å²) in [6.07, 6.45) is 46.3. The molecule has 4 nitrogen and oxygen atoms in total. The van der Waals surface area contributed by atoms with Gasteiger partial charge in [-0.1, -0.05) is 219 Å². The average molecular weight is 684 g/mol. The standard InChI is InChI=1S/2C20H40O2.Ni/c2*1-2-3-4-5-6-7-8-9-10-11-12-13-14-15-16-17-18-19-20(21)22;/h2*2-19H2,1H3,(H,21,22);. The predicted molar refractivity (Wildman–Crippen MR) is 193 cm³/mol. The first kappa shape index (κ1) is 48.8. The molecular formula is C40H80NiO4. The van der Waals surface area contributed by atoms with E-state index in [9.17, 15) is 9.59 Å². The second-order valence-corrected chi connectivity index (χ2v) is 13.6. The normalized spacial score (nSPS) is 10.7. The van der Waals surface area contributed by atoms with Gasteiger partial charge in [-0.25, -0.2) is 0 Å². The molecule has 0 unspecified atom stereocenters. The van der Waals surface area contributed by atoms with Gasteiger partial charge in [0.2, 0.25) is 0 Å². The molecule has 2 N–H and O–H groups in total. The Morgan fingerprint density at radius 1 is 0.289 bits per heavy atom. The summed E-state index contributed by atoms with van der Waals surface area (Å²) in [5.74, 6) is -1.30. The molecule has 5 heteroatoms. The third kappa shape index (κ3) is 53.2. The van der Waals surface area contributed by atoms with Crippen molar-refractivity contribution in [1.82, 2.24) is 0 Å². The maximum atomic E-state index is 10.4. The van der Waals surface area contributed by atoms with Crippen LogP contribution in [0.15, 0.2) is 0 Å². The minimum Gasteiger partial charge on any atom is -0.481 e. The molecule has 0 aromatic carbocycles. The zero-order valence-electron chi connectivity index (χ0n) is 30.5. The molecule has 0 radical (unpaired) electrons. The van der Waals surface area contributed by atoms with Crippen LogP contribution in [0.5, 0.6) is 0 Å². The number of carboxylic acid groups (broad SMARTS) is 2. The van der Waals surface area contributed by atoms with Gasteiger partial charge >= 0.3 is 11.9 Å². The number of carbonyl (C=O) groups is 2. The average Bonchev–Trinajstić information content (AvgIpc) is 3.00. The summed E-state index contributed by atoms with van der Waals surface area (Å²) in [5.41, 5.74) is 0. The molecule has 0 amide bonds. The Balaban J connectivity index is -0.000000767. The van der Waals surface area contributed by atoms with E-state index in [1.807, 2.05) is 0 Å². The third-order valence-corrected chi connectivity index (χ3v) is 8.99. The van der Waals surface area contributed by atoms with Crippen LogP contribution in [-0.2, 0) is 26.1 Å². The molecule has 45 heavy (non-hydrogen) atoms. The number of hydrogen-bond acceptors (Lipinski definition) is 2. The monoisotopic (exact) mass is 683 g/mol. The summed E-state index contributed by atoms with van der Waals surface area (Å²) in [5, 5.41) is 17.1. The summed E-state index contributed by atoms with van der Waals surface area (Å²) in [7, 11) is 0. The number of carboxylic acids is 2. The van der Waals surface area contributed by atoms with Crippen LogP contribution in [0.2, 0.25) is 0 Å². The SMILES string of the molecule is CCCCCCCCCCCCCCCCCCCC(=O)O.CCCCCCCCCCCCCCCCCCCC(=O)O.[Ni]. The number of aliphatic carboxylic acids is 2. The quantitative estimate of drug-likeness (QED) is 0.0509. The van der Waals surface area contributed by atoms with Crippen LogP contribution in [0.3, 0.4) is 0 Å². The fraction of sp³-hybridized carbons (Fsp3) is 0.950. The van der Waals surface area contributed by atoms with Gasteiger partial charge in [0.1, 0.15) is 0 Å². The molecule has 0 spiro atoms. The maximum Gasteiger partial charge on any atom is 0.303 e. The molecule has 0 rings (SSSR count). The second kappa shape index (κ2) is 45.6. The Morgan fingerprint density at radius 3 is 0.556 bits per heavy atom. The minimum atomic E-state index is -0.652. The van der Waals surface area contributed by atoms with Crippen molar-refractivity contribution >= 4 is 11.9 Å². The Kier molecular flexibility index (Phi) is 49.4. The minimum absolute atomic E-state index is 0. The first-order chi connectivity index (χ1) is 21.5. The molecule has 0 fully saturated rings. The van der Waals surface area contributed by atoms with E-state index in [2.05, 4.69) is 13.8 Å². The van der Waals surface area contributed by atoms with E-state index in [4.69, 9.17) is 10.2 Å². The molecule has 0 aliphatic heterocycles. The first-order valence-corrected chi connectivity index (χ1v) is 20.0. The molecule has 0 aromatic heterocycles. The van der Waals surface area contributed by atoms with Gasteiger partial charge < -0.3 is 10.2 Å². The van der Waals surface area contributed by atoms with Crippen molar-refractivity contribution in [3.8, 4) is 0 Å². The van der Waals surface area contributed by atoms with Crippen molar-refractivity contribution in [2.45, 2.75) is 245 Å². The largest absolute Gasteiger partial charge is 0.481 e. The van der Waals surface area contributed by atoms with Gasteiger partial charge in [0.05, 0.1) is 0 Å². The van der Waals surface area contributed by atoms with Gasteiger partial charge in [0, 0.05) is 29.3 Å². The number of hydrogen-bond donors (Lipinski definition) is 2. The van der Waals surface area contributed by atoms with E-state index in [1.165, 1.54) is 193 Å². The van der Waals surface area contributed by atoms with Crippen LogP contribution in [0.4, 0.5) is 0 Å². The zero-order chi connectivity index (χ0) is 32.6. The summed E-state index contributed by atoms with van der Waals surface area (Å²) in [4.78, 5) is 20.7. The topological polar surface area (TPSA) is 74.6 Å². The molecule has 274 valence electrons. The molecule has 0 aliphatic carbocycles. The van der Waals surface area contributed by atoms with Gasteiger partial charge in [-0.15, -0.1) is 0 Å². The summed E-state index contributed by atoms with van der Waals surface area (Å²) in [6, 6.07) is 0. The van der Waals surface area contributed by atoms with Crippen LogP contribution in [0.1, 0.15) is 245 Å². The molecular weight excluding hydrogens is 603 g/mol. The Morgan fingerprint density at radius 2 is 0.422 bits per heavy atom. The first-order valence-electron chi connectivity index (χ1n) is 20.0. The van der Waals surface area contributed by atoms with Crippen molar-refractivity contribution in [3.63, 3.8) is 0 Å². The van der Waals surface area contributed by atoms with E-state index < -0.39 is 11.9 Å². The smallest absolute Gasteiger partial charge is 0.303 e. The van der Waals surface area contributed by atoms with Gasteiger partial charge in [0.25, 0.3) is 0 Å². The summed E-state index contributed by atoms with van der Waals surface area (Å²) in [6.45, 7) is 4.55. The van der Waals surface area contributed by atoms with Crippen molar-refractivity contribution < 1.29 is 36.3 Å². The molecule has 0 saturated heterocycles. The van der Waals surface area contributed by atoms with Crippen LogP contribution in [-0.4, -0.2) is 22.2 Å². The van der Waals surface area contributed by atoms with Crippen molar-refractivity contribution in [1.29, 1.82) is 0 Å². The zero-order valence-corrected chi connectivity index (χ0v) is 31.5. The number of rotatable bonds is 36. The van der Waals surface area contributed by atoms with Crippen molar-refractivity contribution in [2.24, 2.45) is 0 Å². The van der Waals surface area contributed by atoms with Gasteiger partial charge in [-0.3, -0.25) is 9.59 Å². The molecule has 0 aliphatic rings. The third-order valence-electron chi connectivity index (χ3n) is 8.99. The second-order valence-electron chi connectivity index (χ2n) is 13.6. The van der Waals surface area contributed by atoms with Gasteiger partial charge in [0.15, 0.2) is 0 Å². The summed E-state index contributed by atoms with van der Waals surface area (Å²) < 4.78 is 0. The summed E-state index contributed by atoms with van der Waals surface area (Å²) >= 11 is 0.